The zero-order chi connectivity index (χ0) is 61.3. The van der Waals surface area contributed by atoms with Crippen LogP contribution in [0.4, 0.5) is 51.2 Å². The predicted octanol–water partition coefficient (Wildman–Crippen LogP) is 9.29. The lowest BCUT2D eigenvalue weighted by atomic mass is 10.0. The average molecular weight is 1280 g/mol. The Morgan fingerprint density at radius 2 is 0.759 bits per heavy atom. The standard InChI is InChI=1S/C44H33N9O23S7/c1-75-22-4-7-26(30(15-22)78(57,58)59)47-52-39-33(81(66,67)68)11-18-9-21(3-6-24(18)42(39)54)46-51-41-35(83(72,73)74)14-20-13-32(80(63,64)65)38(37(45)36(20)44(41)56)50-49-28-17-25-19(10-29(28)77)12-34(82(69,70)71)40(43(25)55)53-48-27-8-5-23(76-2)16-31(27)79(60,61)62/h3-17,54-56,77H,45H2,1-2H3,(H,57,58,59)(H,60,61,62)(H,63,64,65)(H,66,67,68)(H,69,70,71)(H,72,73,74). The molecule has 0 aliphatic heterocycles. The molecule has 0 aromatic heterocycles. The molecule has 0 fully saturated rings. The number of phenols is 3. The smallest absolute Gasteiger partial charge is 0.296 e. The van der Waals surface area contributed by atoms with E-state index in [1.807, 2.05) is 0 Å². The number of hydrogen-bond donors (Lipinski definition) is 11. The van der Waals surface area contributed by atoms with Gasteiger partial charge in [0, 0.05) is 27.8 Å². The first kappa shape index (κ1) is 60.6. The fourth-order valence-corrected chi connectivity index (χ4v) is 12.0. The second-order valence-corrected chi connectivity index (χ2v) is 25.6. The van der Waals surface area contributed by atoms with Crippen LogP contribution < -0.4 is 15.2 Å². The van der Waals surface area contributed by atoms with E-state index in [0.29, 0.717) is 12.1 Å². The highest BCUT2D eigenvalue weighted by molar-refractivity contribution is 7.87. The van der Waals surface area contributed by atoms with Crippen molar-refractivity contribution in [2.24, 2.45) is 40.9 Å². The minimum absolute atomic E-state index is 0.0488. The van der Waals surface area contributed by atoms with Crippen LogP contribution in [0.25, 0.3) is 32.3 Å². The van der Waals surface area contributed by atoms with Gasteiger partial charge in [0.15, 0.2) is 17.2 Å². The number of thiol groups is 1. The van der Waals surface area contributed by atoms with Gasteiger partial charge in [0.1, 0.15) is 75.0 Å². The molecule has 11 N–H and O–H groups in total. The average Bonchev–Trinajstić information content (AvgIpc) is 1.65. The van der Waals surface area contributed by atoms with Crippen molar-refractivity contribution >= 4 is 157 Å². The predicted molar refractivity (Wildman–Crippen MR) is 290 cm³/mol. The van der Waals surface area contributed by atoms with Gasteiger partial charge in [-0.3, -0.25) is 27.3 Å². The molecule has 434 valence electrons. The molecule has 0 aliphatic carbocycles. The zero-order valence-corrected chi connectivity index (χ0v) is 46.7. The SMILES string of the molecule is COc1ccc(N=Nc2c(S(=O)(=O)O)cc3cc(N=Nc4c(S(=O)(=O)O)cc5cc(S(=O)(=O)O)c(N=Nc6cc7c(O)c(N=Nc8ccc(OC)cc8S(=O)(=O)O)c(S(=O)(=O)O)cc7cc6S)c(N)c5c4O)ccc3c2O)c(S(=O)(=O)O)c1. The Hall–Kier alpha value is -8.45. The number of benzene rings is 8. The highest BCUT2D eigenvalue weighted by Gasteiger charge is 2.30. The summed E-state index contributed by atoms with van der Waals surface area (Å²) in [4.78, 5) is -6.60. The van der Waals surface area contributed by atoms with Crippen LogP contribution in [-0.2, 0) is 60.7 Å². The summed E-state index contributed by atoms with van der Waals surface area (Å²) in [7, 11) is -29.2. The van der Waals surface area contributed by atoms with Gasteiger partial charge in [0.25, 0.3) is 60.7 Å². The van der Waals surface area contributed by atoms with Gasteiger partial charge in [-0.25, -0.2) is 0 Å². The molecule has 32 nitrogen and oxygen atoms in total. The van der Waals surface area contributed by atoms with Crippen LogP contribution >= 0.6 is 12.6 Å². The normalized spacial score (nSPS) is 13.2. The van der Waals surface area contributed by atoms with Crippen LogP contribution in [0, 0.1) is 0 Å². The third kappa shape index (κ3) is 12.4. The topological polar surface area (TPSA) is 530 Å². The Bertz CT molecular complexity index is 5010. The summed E-state index contributed by atoms with van der Waals surface area (Å²) in [5.74, 6) is -3.42. The number of nitrogens with two attached hydrogens (primary N) is 1. The summed E-state index contributed by atoms with van der Waals surface area (Å²) in [5.41, 5.74) is -0.474. The van der Waals surface area contributed by atoms with E-state index < -0.39 is 164 Å². The van der Waals surface area contributed by atoms with Crippen molar-refractivity contribution in [2.45, 2.75) is 34.3 Å². The van der Waals surface area contributed by atoms with Crippen molar-refractivity contribution < 1.29 is 103 Å². The third-order valence-corrected chi connectivity index (χ3v) is 17.1. The molecule has 83 heavy (non-hydrogen) atoms. The van der Waals surface area contributed by atoms with E-state index in [-0.39, 0.29) is 43.6 Å². The molecule has 0 unspecified atom stereocenters. The number of ether oxygens (including phenoxy) is 2. The van der Waals surface area contributed by atoms with Crippen LogP contribution in [0.1, 0.15) is 0 Å². The fraction of sp³-hybridized carbons (Fsp3) is 0.0455. The maximum absolute atomic E-state index is 12.9. The van der Waals surface area contributed by atoms with E-state index in [1.165, 1.54) is 26.4 Å². The summed E-state index contributed by atoms with van der Waals surface area (Å²) in [6, 6.07) is 13.9. The molecular weight excluding hydrogens is 1250 g/mol. The van der Waals surface area contributed by atoms with Gasteiger partial charge in [-0.1, -0.05) is 0 Å². The van der Waals surface area contributed by atoms with Crippen LogP contribution in [-0.4, -0.2) is 107 Å². The summed E-state index contributed by atoms with van der Waals surface area (Å²) in [5, 5.41) is 61.9. The second kappa shape index (κ2) is 21.7. The lowest BCUT2D eigenvalue weighted by Gasteiger charge is -2.14. The first-order chi connectivity index (χ1) is 38.4. The van der Waals surface area contributed by atoms with E-state index in [4.69, 9.17) is 15.2 Å². The second-order valence-electron chi connectivity index (χ2n) is 16.7. The summed E-state index contributed by atoms with van der Waals surface area (Å²) < 4.78 is 220. The van der Waals surface area contributed by atoms with Crippen LogP contribution in [0.2, 0.25) is 0 Å². The molecule has 0 radical (unpaired) electrons. The monoisotopic (exact) mass is 1280 g/mol. The molecular formula is C44H33N9O23S7. The first-order valence-electron chi connectivity index (χ1n) is 21.7. The molecule has 0 atom stereocenters. The number of azo groups is 4. The maximum atomic E-state index is 12.9. The Morgan fingerprint density at radius 1 is 0.386 bits per heavy atom. The summed E-state index contributed by atoms with van der Waals surface area (Å²) in [6.07, 6.45) is 0. The zero-order valence-electron chi connectivity index (χ0n) is 41.0. The molecule has 8 aromatic rings. The molecule has 0 bridgehead atoms. The molecule has 39 heteroatoms. The Balaban J connectivity index is 1.24. The number of aromatic hydroxyl groups is 3. The van der Waals surface area contributed by atoms with E-state index in [0.717, 1.165) is 66.7 Å². The van der Waals surface area contributed by atoms with Crippen molar-refractivity contribution in [2.75, 3.05) is 20.0 Å². The Morgan fingerprint density at radius 3 is 1.20 bits per heavy atom. The molecule has 0 heterocycles. The van der Waals surface area contributed by atoms with E-state index in [9.17, 15) is 93.1 Å². The minimum Gasteiger partial charge on any atom is -0.505 e. The van der Waals surface area contributed by atoms with Gasteiger partial charge in [-0.15, -0.1) is 48.4 Å². The largest absolute Gasteiger partial charge is 0.505 e. The number of rotatable bonds is 16. The Labute approximate surface area is 471 Å². The number of nitrogens with zero attached hydrogens (tertiary/aromatic N) is 8. The summed E-state index contributed by atoms with van der Waals surface area (Å²) >= 11 is 4.30. The fourth-order valence-electron chi connectivity index (χ4n) is 7.78. The number of fused-ring (bicyclic) bond motifs is 3. The van der Waals surface area contributed by atoms with E-state index >= 15 is 0 Å². The molecule has 0 saturated carbocycles. The van der Waals surface area contributed by atoms with Gasteiger partial charge in [-0.05, 0) is 95.0 Å². The van der Waals surface area contributed by atoms with E-state index in [2.05, 4.69) is 53.5 Å². The molecule has 8 rings (SSSR count). The molecule has 0 amide bonds. The van der Waals surface area contributed by atoms with Crippen molar-refractivity contribution in [3.05, 3.63) is 91.0 Å². The number of phenolic OH excluding ortho intramolecular Hbond substituents is 3. The summed E-state index contributed by atoms with van der Waals surface area (Å²) in [6.45, 7) is 0. The van der Waals surface area contributed by atoms with Gasteiger partial charge in [-0.2, -0.15) is 55.6 Å². The highest BCUT2D eigenvalue weighted by atomic mass is 32.2. The van der Waals surface area contributed by atoms with Gasteiger partial charge in [0.2, 0.25) is 0 Å². The number of nitrogen functional groups attached to an aromatic ring is 1. The molecule has 0 spiro atoms. The van der Waals surface area contributed by atoms with Crippen molar-refractivity contribution in [1.82, 2.24) is 0 Å². The molecule has 0 saturated heterocycles. The van der Waals surface area contributed by atoms with Crippen molar-refractivity contribution in [3.63, 3.8) is 0 Å². The number of anilines is 1. The van der Waals surface area contributed by atoms with Gasteiger partial charge in [0.05, 0.1) is 36.7 Å². The first-order valence-corrected chi connectivity index (χ1v) is 30.8. The maximum Gasteiger partial charge on any atom is 0.296 e. The molecule has 0 aliphatic rings. The molecule has 8 aromatic carbocycles. The number of hydrogen-bond acceptors (Lipinski definition) is 27. The number of methoxy groups -OCH3 is 2. The lowest BCUT2D eigenvalue weighted by Crippen LogP contribution is -2.03. The quantitative estimate of drug-likeness (QED) is 0.0186. The van der Waals surface area contributed by atoms with Crippen LogP contribution in [0.15, 0.2) is 166 Å². The van der Waals surface area contributed by atoms with Gasteiger partial charge >= 0.3 is 0 Å². The third-order valence-electron chi connectivity index (χ3n) is 11.5. The highest BCUT2D eigenvalue weighted by Crippen LogP contribution is 2.50. The van der Waals surface area contributed by atoms with Crippen molar-refractivity contribution in [3.8, 4) is 28.7 Å². The van der Waals surface area contributed by atoms with E-state index in [1.54, 1.807) is 0 Å². The minimum atomic E-state index is -5.48. The van der Waals surface area contributed by atoms with Gasteiger partial charge < -0.3 is 30.5 Å². The van der Waals surface area contributed by atoms with Crippen LogP contribution in [0.3, 0.4) is 0 Å². The lowest BCUT2D eigenvalue weighted by molar-refractivity contribution is 0.412. The van der Waals surface area contributed by atoms with Crippen LogP contribution in [0.5, 0.6) is 28.7 Å². The van der Waals surface area contributed by atoms with Crippen molar-refractivity contribution in [1.29, 1.82) is 0 Å². The Kier molecular flexibility index (Phi) is 15.9.